The van der Waals surface area contributed by atoms with Gasteiger partial charge in [0, 0.05) is 11.2 Å². The second-order valence-electron chi connectivity index (χ2n) is 6.03. The van der Waals surface area contributed by atoms with Gasteiger partial charge in [0.1, 0.15) is 12.2 Å². The maximum atomic E-state index is 12.8. The third kappa shape index (κ3) is 5.22. The number of halogens is 2. The van der Waals surface area contributed by atoms with Crippen molar-refractivity contribution in [3.63, 3.8) is 0 Å². The van der Waals surface area contributed by atoms with Crippen molar-refractivity contribution in [3.05, 3.63) is 93.6 Å². The molecule has 1 amide bonds. The number of ether oxygens (including phenoxy) is 1. The Kier molecular flexibility index (Phi) is 6.32. The van der Waals surface area contributed by atoms with Gasteiger partial charge in [-0.25, -0.2) is 4.98 Å². The number of rotatable bonds is 6. The van der Waals surface area contributed by atoms with Crippen molar-refractivity contribution in [2.45, 2.75) is 19.6 Å². The minimum absolute atomic E-state index is 0.165. The molecule has 0 saturated carbocycles. The molecule has 4 nitrogen and oxygen atoms in total. The number of hydrogen-bond donors (Lipinski definition) is 1. The lowest BCUT2D eigenvalue weighted by Crippen LogP contribution is -2.27. The molecule has 1 N–H and O–H groups in total. The summed E-state index contributed by atoms with van der Waals surface area (Å²) in [7, 11) is 0. The van der Waals surface area contributed by atoms with Crippen LogP contribution in [0.25, 0.3) is 0 Å². The van der Waals surface area contributed by atoms with Crippen molar-refractivity contribution in [1.82, 2.24) is 10.3 Å². The Bertz CT molecular complexity index is 915. The number of pyridine rings is 1. The summed E-state index contributed by atoms with van der Waals surface area (Å²) in [5, 5.41) is 3.97. The average Bonchev–Trinajstić information content (AvgIpc) is 2.68. The van der Waals surface area contributed by atoms with Crippen LogP contribution in [-0.2, 0) is 6.61 Å². The Hall–Kier alpha value is -2.56. The smallest absolute Gasteiger partial charge is 0.257 e. The van der Waals surface area contributed by atoms with Crippen LogP contribution in [0.2, 0.25) is 10.0 Å². The third-order valence-electron chi connectivity index (χ3n) is 4.00. The van der Waals surface area contributed by atoms with E-state index in [0.29, 0.717) is 15.6 Å². The minimum atomic E-state index is -0.299. The van der Waals surface area contributed by atoms with Crippen LogP contribution in [0.1, 0.15) is 34.5 Å². The van der Waals surface area contributed by atoms with Gasteiger partial charge >= 0.3 is 0 Å². The molecule has 0 spiro atoms. The van der Waals surface area contributed by atoms with Gasteiger partial charge in [-0.2, -0.15) is 0 Å². The Morgan fingerprint density at radius 1 is 1.07 bits per heavy atom. The molecule has 0 unspecified atom stereocenters. The lowest BCUT2D eigenvalue weighted by atomic mass is 10.1. The van der Waals surface area contributed by atoms with Gasteiger partial charge in [0.25, 0.3) is 5.91 Å². The van der Waals surface area contributed by atoms with E-state index in [1.54, 1.807) is 18.2 Å². The van der Waals surface area contributed by atoms with Crippen molar-refractivity contribution < 1.29 is 9.53 Å². The van der Waals surface area contributed by atoms with Crippen LogP contribution in [0.3, 0.4) is 0 Å². The van der Waals surface area contributed by atoms with E-state index < -0.39 is 0 Å². The number of hydrogen-bond acceptors (Lipinski definition) is 3. The number of amides is 1. The van der Waals surface area contributed by atoms with Crippen molar-refractivity contribution in [3.8, 4) is 5.88 Å². The Labute approximate surface area is 168 Å². The van der Waals surface area contributed by atoms with Gasteiger partial charge in [0.15, 0.2) is 0 Å². The average molecular weight is 401 g/mol. The van der Waals surface area contributed by atoms with E-state index in [2.05, 4.69) is 10.3 Å². The van der Waals surface area contributed by atoms with Crippen LogP contribution in [0.4, 0.5) is 0 Å². The second kappa shape index (κ2) is 8.89. The fraction of sp³-hybridized carbons (Fsp3) is 0.143. The molecule has 0 aliphatic heterocycles. The molecule has 0 radical (unpaired) electrons. The lowest BCUT2D eigenvalue weighted by molar-refractivity contribution is 0.0934. The fourth-order valence-electron chi connectivity index (χ4n) is 2.54. The summed E-state index contributed by atoms with van der Waals surface area (Å²) in [5.74, 6) is -0.0698. The molecule has 1 heterocycles. The maximum absolute atomic E-state index is 12.8. The SMILES string of the molecule is C[C@H](NC(=O)c1cc(Cl)cnc1OCc1ccc(Cl)cc1)c1ccccc1. The molecule has 27 heavy (non-hydrogen) atoms. The van der Waals surface area contributed by atoms with Gasteiger partial charge in [-0.05, 0) is 36.2 Å². The first-order chi connectivity index (χ1) is 13.0. The van der Waals surface area contributed by atoms with Crippen molar-refractivity contribution >= 4 is 29.1 Å². The van der Waals surface area contributed by atoms with E-state index in [0.717, 1.165) is 11.1 Å². The van der Waals surface area contributed by atoms with Crippen LogP contribution < -0.4 is 10.1 Å². The summed E-state index contributed by atoms with van der Waals surface area (Å²) >= 11 is 11.9. The summed E-state index contributed by atoms with van der Waals surface area (Å²) in [6, 6.07) is 18.4. The van der Waals surface area contributed by atoms with E-state index in [1.165, 1.54) is 6.20 Å². The maximum Gasteiger partial charge on any atom is 0.257 e. The molecule has 0 fully saturated rings. The highest BCUT2D eigenvalue weighted by molar-refractivity contribution is 6.31. The molecule has 6 heteroatoms. The summed E-state index contributed by atoms with van der Waals surface area (Å²) in [6.07, 6.45) is 1.45. The molecule has 3 aromatic rings. The molecule has 0 bridgehead atoms. The summed E-state index contributed by atoms with van der Waals surface area (Å²) < 4.78 is 5.75. The molecule has 138 valence electrons. The van der Waals surface area contributed by atoms with Gasteiger partial charge in [-0.1, -0.05) is 65.7 Å². The van der Waals surface area contributed by atoms with Gasteiger partial charge in [0.2, 0.25) is 5.88 Å². The number of benzene rings is 2. The van der Waals surface area contributed by atoms with Gasteiger partial charge in [-0.3, -0.25) is 4.79 Å². The first-order valence-corrected chi connectivity index (χ1v) is 9.17. The zero-order valence-corrected chi connectivity index (χ0v) is 16.2. The van der Waals surface area contributed by atoms with Crippen LogP contribution in [0, 0.1) is 0 Å². The highest BCUT2D eigenvalue weighted by Crippen LogP contribution is 2.22. The Balaban J connectivity index is 1.74. The predicted octanol–water partition coefficient (Wildman–Crippen LogP) is 5.46. The van der Waals surface area contributed by atoms with E-state index in [-0.39, 0.29) is 24.4 Å². The van der Waals surface area contributed by atoms with Crippen LogP contribution in [-0.4, -0.2) is 10.9 Å². The molecule has 1 atom stereocenters. The van der Waals surface area contributed by atoms with Gasteiger partial charge in [-0.15, -0.1) is 0 Å². The van der Waals surface area contributed by atoms with Crippen molar-refractivity contribution in [2.75, 3.05) is 0 Å². The second-order valence-corrected chi connectivity index (χ2v) is 6.90. The topological polar surface area (TPSA) is 51.2 Å². The van der Waals surface area contributed by atoms with Crippen molar-refractivity contribution in [1.29, 1.82) is 0 Å². The monoisotopic (exact) mass is 400 g/mol. The zero-order chi connectivity index (χ0) is 19.2. The van der Waals surface area contributed by atoms with Crippen LogP contribution in [0.5, 0.6) is 5.88 Å². The molecule has 2 aromatic carbocycles. The highest BCUT2D eigenvalue weighted by Gasteiger charge is 2.18. The third-order valence-corrected chi connectivity index (χ3v) is 4.46. The zero-order valence-electron chi connectivity index (χ0n) is 14.7. The quantitative estimate of drug-likeness (QED) is 0.597. The number of aromatic nitrogens is 1. The molecule has 0 saturated heterocycles. The largest absolute Gasteiger partial charge is 0.472 e. The Morgan fingerprint density at radius 2 is 1.78 bits per heavy atom. The van der Waals surface area contributed by atoms with Gasteiger partial charge in [0.05, 0.1) is 11.1 Å². The molecule has 1 aromatic heterocycles. The van der Waals surface area contributed by atoms with E-state index in [9.17, 15) is 4.79 Å². The molecular formula is C21H18Cl2N2O2. The molecule has 3 rings (SSSR count). The normalized spacial score (nSPS) is 11.7. The predicted molar refractivity (Wildman–Crippen MR) is 107 cm³/mol. The summed E-state index contributed by atoms with van der Waals surface area (Å²) in [6.45, 7) is 2.18. The minimum Gasteiger partial charge on any atom is -0.472 e. The summed E-state index contributed by atoms with van der Waals surface area (Å²) in [4.78, 5) is 16.9. The number of nitrogens with zero attached hydrogens (tertiary/aromatic N) is 1. The van der Waals surface area contributed by atoms with E-state index in [4.69, 9.17) is 27.9 Å². The number of nitrogens with one attached hydrogen (secondary N) is 1. The Morgan fingerprint density at radius 3 is 2.48 bits per heavy atom. The lowest BCUT2D eigenvalue weighted by Gasteiger charge is -2.16. The highest BCUT2D eigenvalue weighted by atomic mass is 35.5. The standard InChI is InChI=1S/C21H18Cl2N2O2/c1-14(16-5-3-2-4-6-16)25-20(26)19-11-18(23)12-24-21(19)27-13-15-7-9-17(22)10-8-15/h2-12,14H,13H2,1H3,(H,25,26)/t14-/m0/s1. The van der Waals surface area contributed by atoms with Crippen LogP contribution in [0.15, 0.2) is 66.9 Å². The first kappa shape index (κ1) is 19.2. The van der Waals surface area contributed by atoms with Crippen LogP contribution >= 0.6 is 23.2 Å². The van der Waals surface area contributed by atoms with Gasteiger partial charge < -0.3 is 10.1 Å². The van der Waals surface area contributed by atoms with Crippen molar-refractivity contribution in [2.24, 2.45) is 0 Å². The molecular weight excluding hydrogens is 383 g/mol. The van der Waals surface area contributed by atoms with E-state index >= 15 is 0 Å². The number of carbonyl (C=O) groups excluding carboxylic acids is 1. The first-order valence-electron chi connectivity index (χ1n) is 8.41. The molecule has 0 aliphatic carbocycles. The summed E-state index contributed by atoms with van der Waals surface area (Å²) in [5.41, 5.74) is 2.21. The number of carbonyl (C=O) groups is 1. The fourth-order valence-corrected chi connectivity index (χ4v) is 2.82. The molecule has 0 aliphatic rings. The van der Waals surface area contributed by atoms with E-state index in [1.807, 2.05) is 49.4 Å².